The van der Waals surface area contributed by atoms with Gasteiger partial charge < -0.3 is 4.90 Å². The van der Waals surface area contributed by atoms with E-state index >= 15 is 0 Å². The van der Waals surface area contributed by atoms with Crippen molar-refractivity contribution in [1.82, 2.24) is 30.2 Å². The second-order valence-corrected chi connectivity index (χ2v) is 7.72. The molecule has 1 atom stereocenters. The maximum absolute atomic E-state index is 13.0. The first-order valence-corrected chi connectivity index (χ1v) is 9.94. The molecule has 4 heterocycles. The average molecular weight is 456 g/mol. The van der Waals surface area contributed by atoms with Gasteiger partial charge in [-0.2, -0.15) is 13.2 Å². The number of nitrogens with one attached hydrogen (secondary N) is 1. The van der Waals surface area contributed by atoms with Crippen molar-refractivity contribution in [1.29, 1.82) is 0 Å². The summed E-state index contributed by atoms with van der Waals surface area (Å²) < 4.78 is 39.6. The van der Waals surface area contributed by atoms with Crippen LogP contribution in [0.1, 0.15) is 34.3 Å². The first-order valence-electron chi connectivity index (χ1n) is 9.94. The topological polar surface area (TPSA) is 110 Å². The van der Waals surface area contributed by atoms with Gasteiger partial charge in [-0.15, -0.1) is 5.10 Å². The Bertz CT molecular complexity index is 1290. The molecule has 1 N–H and O–H groups in total. The summed E-state index contributed by atoms with van der Waals surface area (Å²) in [6, 6.07) is 6.49. The molecule has 168 valence electrons. The van der Waals surface area contributed by atoms with E-state index in [4.69, 9.17) is 0 Å². The highest BCUT2D eigenvalue weighted by Crippen LogP contribution is 2.31. The molecule has 33 heavy (non-hydrogen) atoms. The lowest BCUT2D eigenvalue weighted by Gasteiger charge is -2.29. The number of amides is 3. The zero-order chi connectivity index (χ0) is 23.3. The van der Waals surface area contributed by atoms with Gasteiger partial charge in [0.15, 0.2) is 0 Å². The molecule has 1 fully saturated rings. The SMILES string of the molecule is O=C1CCC(N2Cc3ccc(-n4cc(-c5ccc(C(F)(F)F)cn5)nn4)cc3C2=O)C(=O)N1. The zero-order valence-electron chi connectivity index (χ0n) is 16.8. The van der Waals surface area contributed by atoms with Crippen molar-refractivity contribution in [3.8, 4) is 17.1 Å². The number of benzene rings is 1. The van der Waals surface area contributed by atoms with E-state index in [1.54, 1.807) is 18.2 Å². The van der Waals surface area contributed by atoms with E-state index in [0.717, 1.165) is 17.8 Å². The van der Waals surface area contributed by atoms with Gasteiger partial charge in [-0.25, -0.2) is 4.68 Å². The Morgan fingerprint density at radius 2 is 1.88 bits per heavy atom. The van der Waals surface area contributed by atoms with Crippen LogP contribution >= 0.6 is 0 Å². The fourth-order valence-electron chi connectivity index (χ4n) is 3.91. The third-order valence-corrected chi connectivity index (χ3v) is 5.62. The zero-order valence-corrected chi connectivity index (χ0v) is 16.8. The molecule has 0 aliphatic carbocycles. The smallest absolute Gasteiger partial charge is 0.322 e. The number of hydrogen-bond donors (Lipinski definition) is 1. The summed E-state index contributed by atoms with van der Waals surface area (Å²) in [5, 5.41) is 10.2. The lowest BCUT2D eigenvalue weighted by molar-refractivity contribution is -0.138. The van der Waals surface area contributed by atoms with Crippen LogP contribution in [0.15, 0.2) is 42.7 Å². The lowest BCUT2D eigenvalue weighted by Crippen LogP contribution is -2.52. The standard InChI is InChI=1S/C21H15F3N6O3/c22-21(23,24)12-2-4-15(25-8-12)16-10-30(28-27-16)13-3-1-11-9-29(20(33)14(11)7-13)17-5-6-18(31)26-19(17)32/h1-4,7-8,10,17H,5-6,9H2,(H,26,31,32). The second-order valence-electron chi connectivity index (χ2n) is 7.72. The summed E-state index contributed by atoms with van der Waals surface area (Å²) >= 11 is 0. The van der Waals surface area contributed by atoms with Gasteiger partial charge in [0.25, 0.3) is 5.91 Å². The fraction of sp³-hybridized carbons (Fsp3) is 0.238. The number of hydrogen-bond acceptors (Lipinski definition) is 6. The molecular weight excluding hydrogens is 441 g/mol. The summed E-state index contributed by atoms with van der Waals surface area (Å²) in [7, 11) is 0. The van der Waals surface area contributed by atoms with Gasteiger partial charge in [-0.05, 0) is 36.2 Å². The summed E-state index contributed by atoms with van der Waals surface area (Å²) in [6.45, 7) is 0.249. The van der Waals surface area contributed by atoms with Gasteiger partial charge in [0.05, 0.1) is 23.1 Å². The van der Waals surface area contributed by atoms with Gasteiger partial charge in [0, 0.05) is 24.7 Å². The third kappa shape index (κ3) is 3.73. The number of carbonyl (C=O) groups is 3. The molecule has 1 saturated heterocycles. The summed E-state index contributed by atoms with van der Waals surface area (Å²) in [4.78, 5) is 41.8. The molecule has 1 aromatic carbocycles. The maximum Gasteiger partial charge on any atom is 0.417 e. The van der Waals surface area contributed by atoms with E-state index in [0.29, 0.717) is 11.3 Å². The Morgan fingerprint density at radius 1 is 1.06 bits per heavy atom. The minimum Gasteiger partial charge on any atom is -0.322 e. The number of piperidine rings is 1. The third-order valence-electron chi connectivity index (χ3n) is 5.62. The molecule has 3 amide bonds. The first kappa shape index (κ1) is 20.8. The highest BCUT2D eigenvalue weighted by Gasteiger charge is 2.39. The summed E-state index contributed by atoms with van der Waals surface area (Å²) in [5.41, 5.74) is 1.27. The molecule has 0 bridgehead atoms. The molecular formula is C21H15F3N6O3. The number of alkyl halides is 3. The van der Waals surface area contributed by atoms with Gasteiger partial charge >= 0.3 is 6.18 Å². The van der Waals surface area contributed by atoms with Crippen LogP contribution < -0.4 is 5.32 Å². The molecule has 0 saturated carbocycles. The quantitative estimate of drug-likeness (QED) is 0.605. The summed E-state index contributed by atoms with van der Waals surface area (Å²) in [5.74, 6) is -1.17. The van der Waals surface area contributed by atoms with E-state index in [-0.39, 0.29) is 42.6 Å². The van der Waals surface area contributed by atoms with Crippen molar-refractivity contribution in [2.24, 2.45) is 0 Å². The highest BCUT2D eigenvalue weighted by atomic mass is 19.4. The molecule has 3 aromatic rings. The number of rotatable bonds is 3. The number of pyridine rings is 1. The number of halogens is 3. The summed E-state index contributed by atoms with van der Waals surface area (Å²) in [6.07, 6.45) is -1.83. The van der Waals surface area contributed by atoms with Crippen LogP contribution in [0.3, 0.4) is 0 Å². The van der Waals surface area contributed by atoms with Crippen molar-refractivity contribution in [3.05, 3.63) is 59.4 Å². The predicted molar refractivity (Wildman–Crippen MR) is 106 cm³/mol. The molecule has 1 unspecified atom stereocenters. The van der Waals surface area contributed by atoms with Crippen molar-refractivity contribution >= 4 is 17.7 Å². The Morgan fingerprint density at radius 3 is 2.58 bits per heavy atom. The van der Waals surface area contributed by atoms with Crippen LogP contribution in [0.25, 0.3) is 17.1 Å². The van der Waals surface area contributed by atoms with Crippen LogP contribution in [0.5, 0.6) is 0 Å². The lowest BCUT2D eigenvalue weighted by atomic mass is 10.0. The van der Waals surface area contributed by atoms with Crippen LogP contribution in [-0.4, -0.2) is 48.6 Å². The number of imide groups is 1. The van der Waals surface area contributed by atoms with E-state index in [2.05, 4.69) is 20.6 Å². The van der Waals surface area contributed by atoms with Crippen LogP contribution in [0.2, 0.25) is 0 Å². The molecule has 9 nitrogen and oxygen atoms in total. The van der Waals surface area contributed by atoms with Crippen molar-refractivity contribution in [2.45, 2.75) is 31.6 Å². The number of carbonyl (C=O) groups excluding carboxylic acids is 3. The molecule has 0 radical (unpaired) electrons. The molecule has 2 aliphatic heterocycles. The predicted octanol–water partition coefficient (Wildman–Crippen LogP) is 2.11. The first-order chi connectivity index (χ1) is 15.7. The van der Waals surface area contributed by atoms with E-state index in [1.807, 2.05) is 0 Å². The van der Waals surface area contributed by atoms with Crippen molar-refractivity contribution < 1.29 is 27.6 Å². The van der Waals surface area contributed by atoms with Gasteiger partial charge in [-0.1, -0.05) is 11.3 Å². The monoisotopic (exact) mass is 456 g/mol. The molecule has 2 aliphatic rings. The number of nitrogens with zero attached hydrogens (tertiary/aromatic N) is 5. The van der Waals surface area contributed by atoms with E-state index in [1.165, 1.54) is 21.8 Å². The fourth-order valence-corrected chi connectivity index (χ4v) is 3.91. The second kappa shape index (κ2) is 7.50. The maximum atomic E-state index is 13.0. The van der Waals surface area contributed by atoms with Crippen LogP contribution in [0.4, 0.5) is 13.2 Å². The Labute approximate surface area is 184 Å². The van der Waals surface area contributed by atoms with Gasteiger partial charge in [-0.3, -0.25) is 24.7 Å². The van der Waals surface area contributed by atoms with Crippen molar-refractivity contribution in [2.75, 3.05) is 0 Å². The molecule has 5 rings (SSSR count). The molecule has 0 spiro atoms. The molecule has 2 aromatic heterocycles. The van der Waals surface area contributed by atoms with Gasteiger partial charge in [0.2, 0.25) is 11.8 Å². The van der Waals surface area contributed by atoms with Crippen LogP contribution in [-0.2, 0) is 22.3 Å². The largest absolute Gasteiger partial charge is 0.417 e. The van der Waals surface area contributed by atoms with Crippen molar-refractivity contribution in [3.63, 3.8) is 0 Å². The number of fused-ring (bicyclic) bond motifs is 1. The highest BCUT2D eigenvalue weighted by molar-refractivity contribution is 6.05. The minimum atomic E-state index is -4.48. The Kier molecular flexibility index (Phi) is 4.73. The number of aromatic nitrogens is 4. The Hall–Kier alpha value is -4.09. The van der Waals surface area contributed by atoms with E-state index < -0.39 is 23.7 Å². The normalized spacial score (nSPS) is 18.5. The average Bonchev–Trinajstić information content (AvgIpc) is 3.39. The van der Waals surface area contributed by atoms with Gasteiger partial charge in [0.1, 0.15) is 11.7 Å². The van der Waals surface area contributed by atoms with Crippen LogP contribution in [0, 0.1) is 0 Å². The minimum absolute atomic E-state index is 0.168. The van der Waals surface area contributed by atoms with E-state index in [9.17, 15) is 27.6 Å². The molecule has 12 heteroatoms. The Balaban J connectivity index is 1.38.